The van der Waals surface area contributed by atoms with E-state index < -0.39 is 26.2 Å². The minimum atomic E-state index is -3.80. The summed E-state index contributed by atoms with van der Waals surface area (Å²) in [4.78, 5) is 20.3. The van der Waals surface area contributed by atoms with Crippen molar-refractivity contribution in [2.75, 3.05) is 64.8 Å². The van der Waals surface area contributed by atoms with Gasteiger partial charge in [0.05, 0.1) is 56.5 Å². The van der Waals surface area contributed by atoms with Crippen LogP contribution in [0.5, 0.6) is 5.75 Å². The number of rotatable bonds is 18. The number of carbonyl (C=O) groups is 1. The van der Waals surface area contributed by atoms with Gasteiger partial charge in [0.25, 0.3) is 0 Å². The lowest BCUT2D eigenvalue weighted by Crippen LogP contribution is -2.28. The molecule has 0 bridgehead atoms. The van der Waals surface area contributed by atoms with E-state index in [2.05, 4.69) is 25.5 Å². The molecule has 0 saturated carbocycles. The first-order valence-electron chi connectivity index (χ1n) is 15.1. The highest BCUT2D eigenvalue weighted by Crippen LogP contribution is 2.37. The Bertz CT molecular complexity index is 1550. The monoisotopic (exact) mass is 665 g/mol. The molecule has 0 aliphatic rings. The molecule has 2 heterocycles. The summed E-state index contributed by atoms with van der Waals surface area (Å²) in [7, 11) is -3.80. The molecule has 0 radical (unpaired) electrons. The average Bonchev–Trinajstić information content (AvgIpc) is 3.27. The Morgan fingerprint density at radius 2 is 1.41 bits per heavy atom. The van der Waals surface area contributed by atoms with Gasteiger partial charge in [0.15, 0.2) is 15.7 Å². The van der Waals surface area contributed by atoms with E-state index in [-0.39, 0.29) is 37.1 Å². The summed E-state index contributed by atoms with van der Waals surface area (Å²) in [6, 6.07) is 3.15. The van der Waals surface area contributed by atoms with Crippen LogP contribution in [0.1, 0.15) is 52.8 Å². The van der Waals surface area contributed by atoms with Crippen molar-refractivity contribution in [1.29, 1.82) is 0 Å². The lowest BCUT2D eigenvalue weighted by Gasteiger charge is -2.22. The van der Waals surface area contributed by atoms with Gasteiger partial charge in [-0.25, -0.2) is 23.2 Å². The van der Waals surface area contributed by atoms with Crippen LogP contribution < -0.4 is 10.1 Å². The Morgan fingerprint density at radius 1 is 0.826 bits per heavy atom. The molecule has 0 unspecified atom stereocenters. The van der Waals surface area contributed by atoms with Gasteiger partial charge in [0.1, 0.15) is 41.6 Å². The molecule has 0 amide bonds. The molecule has 14 nitrogen and oxygen atoms in total. The Labute approximate surface area is 270 Å². The van der Waals surface area contributed by atoms with Crippen molar-refractivity contribution in [3.63, 3.8) is 0 Å². The number of anilines is 2. The third-order valence-corrected chi connectivity index (χ3v) is 9.04. The van der Waals surface area contributed by atoms with Crippen molar-refractivity contribution < 1.29 is 41.6 Å². The highest BCUT2D eigenvalue weighted by Gasteiger charge is 2.34. The quantitative estimate of drug-likeness (QED) is 0.147. The fourth-order valence-corrected chi connectivity index (χ4v) is 5.25. The molecule has 256 valence electrons. The van der Waals surface area contributed by atoms with E-state index in [1.165, 1.54) is 6.33 Å². The highest BCUT2D eigenvalue weighted by atomic mass is 32.2. The first-order chi connectivity index (χ1) is 21.6. The molecule has 0 fully saturated rings. The molecule has 0 aliphatic carbocycles. The van der Waals surface area contributed by atoms with E-state index in [1.54, 1.807) is 53.7 Å². The lowest BCUT2D eigenvalue weighted by molar-refractivity contribution is -0.160. The first kappa shape index (κ1) is 37.1. The highest BCUT2D eigenvalue weighted by molar-refractivity contribution is 7.92. The van der Waals surface area contributed by atoms with Crippen molar-refractivity contribution in [3.05, 3.63) is 29.7 Å². The van der Waals surface area contributed by atoms with E-state index in [1.807, 2.05) is 13.8 Å². The minimum absolute atomic E-state index is 0.0406. The zero-order chi connectivity index (χ0) is 34.0. The van der Waals surface area contributed by atoms with Crippen LogP contribution in [0.4, 0.5) is 11.6 Å². The molecule has 2 N–H and O–H groups in total. The van der Waals surface area contributed by atoms with Crippen LogP contribution in [-0.2, 0) is 38.3 Å². The van der Waals surface area contributed by atoms with Gasteiger partial charge in [-0.2, -0.15) is 5.10 Å². The normalized spacial score (nSPS) is 12.4. The first-order valence-corrected chi connectivity index (χ1v) is 16.6. The Morgan fingerprint density at radius 3 is 1.96 bits per heavy atom. The minimum Gasteiger partial charge on any atom is -0.490 e. The number of carbonyl (C=O) groups excluding carboxylic acids is 1. The topological polar surface area (TPSA) is 173 Å². The van der Waals surface area contributed by atoms with Gasteiger partial charge in [0, 0.05) is 22.7 Å². The smallest absolute Gasteiger partial charge is 0.332 e. The molecule has 0 atom stereocenters. The van der Waals surface area contributed by atoms with Crippen LogP contribution in [0.2, 0.25) is 0 Å². The van der Waals surface area contributed by atoms with Crippen molar-refractivity contribution >= 4 is 38.3 Å². The molecule has 0 aliphatic heterocycles. The van der Waals surface area contributed by atoms with E-state index >= 15 is 0 Å². The third-order valence-electron chi connectivity index (χ3n) is 6.53. The standard InChI is InChI=1S/C31H47N5O9S/c1-21-22(2)35-36-28(21)34-29-23-17-26(46(38,39)31(6,7)8)25(18-24(23)32-20-33-29)44-16-15-42-12-11-40-9-10-41-13-14-43-19-27(37)45-30(3,4)5/h17-18,20H,9-16,19H2,1-8H3,(H2,32,33,34,35,36). The van der Waals surface area contributed by atoms with Crippen molar-refractivity contribution in [1.82, 2.24) is 20.2 Å². The number of ether oxygens (including phenoxy) is 6. The number of hydrogen-bond donors (Lipinski definition) is 2. The van der Waals surface area contributed by atoms with Gasteiger partial charge >= 0.3 is 5.97 Å². The predicted octanol–water partition coefficient (Wildman–Crippen LogP) is 4.07. The second-order valence-electron chi connectivity index (χ2n) is 12.4. The van der Waals surface area contributed by atoms with Crippen molar-refractivity contribution in [2.45, 2.75) is 70.6 Å². The molecular weight excluding hydrogens is 618 g/mol. The van der Waals surface area contributed by atoms with Crippen molar-refractivity contribution in [2.24, 2.45) is 0 Å². The third kappa shape index (κ3) is 10.9. The van der Waals surface area contributed by atoms with Crippen LogP contribution in [0, 0.1) is 13.8 Å². The predicted molar refractivity (Wildman–Crippen MR) is 172 cm³/mol. The SMILES string of the molecule is Cc1[nH]nc(Nc2ncnc3cc(OCCOCCOCCOCCOCC(=O)OC(C)(C)C)c(S(=O)(=O)C(C)(C)C)cc23)c1C. The average molecular weight is 666 g/mol. The van der Waals surface area contributed by atoms with Gasteiger partial charge in [-0.05, 0) is 61.5 Å². The van der Waals surface area contributed by atoms with E-state index in [0.29, 0.717) is 55.6 Å². The maximum Gasteiger partial charge on any atom is 0.332 e. The van der Waals surface area contributed by atoms with E-state index in [0.717, 1.165) is 11.3 Å². The molecule has 3 aromatic rings. The number of nitrogens with zero attached hydrogens (tertiary/aromatic N) is 3. The molecule has 3 rings (SSSR count). The van der Waals surface area contributed by atoms with Crippen LogP contribution >= 0.6 is 0 Å². The summed E-state index contributed by atoms with van der Waals surface area (Å²) in [6.45, 7) is 16.4. The zero-order valence-corrected chi connectivity index (χ0v) is 28.8. The lowest BCUT2D eigenvalue weighted by atomic mass is 10.2. The molecule has 2 aromatic heterocycles. The molecular formula is C31H47N5O9S. The Balaban J connectivity index is 1.46. The number of H-pyrrole nitrogens is 1. The molecule has 15 heteroatoms. The summed E-state index contributed by atoms with van der Waals surface area (Å²) in [5, 5.41) is 10.9. The second kappa shape index (κ2) is 16.5. The number of benzene rings is 1. The summed E-state index contributed by atoms with van der Waals surface area (Å²) in [5.74, 6) is 0.790. The van der Waals surface area contributed by atoms with Gasteiger partial charge in [0.2, 0.25) is 0 Å². The number of hydrogen-bond acceptors (Lipinski definition) is 13. The Hall–Kier alpha value is -3.37. The van der Waals surface area contributed by atoms with Crippen LogP contribution in [0.3, 0.4) is 0 Å². The number of aromatic amines is 1. The zero-order valence-electron chi connectivity index (χ0n) is 28.0. The summed E-state index contributed by atoms with van der Waals surface area (Å²) in [5.41, 5.74) is 1.80. The second-order valence-corrected chi connectivity index (χ2v) is 15.1. The largest absolute Gasteiger partial charge is 0.490 e. The summed E-state index contributed by atoms with van der Waals surface area (Å²) in [6.07, 6.45) is 1.40. The summed E-state index contributed by atoms with van der Waals surface area (Å²) < 4.78 is 59.0. The molecule has 1 aromatic carbocycles. The van der Waals surface area contributed by atoms with Crippen molar-refractivity contribution in [3.8, 4) is 5.75 Å². The van der Waals surface area contributed by atoms with Gasteiger partial charge in [-0.1, -0.05) is 0 Å². The van der Waals surface area contributed by atoms with E-state index in [4.69, 9.17) is 28.4 Å². The fraction of sp³-hybridized carbons (Fsp3) is 0.613. The van der Waals surface area contributed by atoms with Gasteiger partial charge < -0.3 is 33.7 Å². The van der Waals surface area contributed by atoms with Gasteiger partial charge in [-0.15, -0.1) is 0 Å². The van der Waals surface area contributed by atoms with Crippen LogP contribution in [0.15, 0.2) is 23.4 Å². The van der Waals surface area contributed by atoms with Gasteiger partial charge in [-0.3, -0.25) is 5.10 Å². The fourth-order valence-electron chi connectivity index (χ4n) is 3.93. The van der Waals surface area contributed by atoms with Crippen LogP contribution in [0.25, 0.3) is 10.9 Å². The summed E-state index contributed by atoms with van der Waals surface area (Å²) >= 11 is 0. The molecule has 0 saturated heterocycles. The maximum atomic E-state index is 13.6. The molecule has 46 heavy (non-hydrogen) atoms. The van der Waals surface area contributed by atoms with Crippen LogP contribution in [-0.4, -0.2) is 104 Å². The number of aromatic nitrogens is 4. The molecule has 0 spiro atoms. The Kier molecular flexibility index (Phi) is 13.3. The maximum absolute atomic E-state index is 13.6. The number of sulfone groups is 1. The number of fused-ring (bicyclic) bond motifs is 1. The number of aryl methyl sites for hydroxylation is 1. The van der Waals surface area contributed by atoms with E-state index in [9.17, 15) is 13.2 Å². The number of esters is 1. The number of nitrogens with one attached hydrogen (secondary N) is 2.